The van der Waals surface area contributed by atoms with E-state index in [0.717, 1.165) is 0 Å². The number of ether oxygens (including phenoxy) is 1. The maximum absolute atomic E-state index is 12.6. The third-order valence-electron chi connectivity index (χ3n) is 4.63. The van der Waals surface area contributed by atoms with E-state index in [1.54, 1.807) is 36.4 Å². The molecule has 10 heteroatoms. The molecule has 1 amide bonds. The van der Waals surface area contributed by atoms with Crippen molar-refractivity contribution in [2.45, 2.75) is 18.8 Å². The topological polar surface area (TPSA) is 119 Å². The lowest BCUT2D eigenvalue weighted by Gasteiger charge is -2.12. The molecule has 168 valence electrons. The molecule has 3 rings (SSSR count). The van der Waals surface area contributed by atoms with E-state index < -0.39 is 15.9 Å². The first-order chi connectivity index (χ1) is 15.4. The number of rotatable bonds is 10. The summed E-state index contributed by atoms with van der Waals surface area (Å²) in [4.78, 5) is 24.7. The Hall–Kier alpha value is -3.50. The highest BCUT2D eigenvalue weighted by Crippen LogP contribution is 2.12. The van der Waals surface area contributed by atoms with Crippen LogP contribution in [0.2, 0.25) is 0 Å². The van der Waals surface area contributed by atoms with Gasteiger partial charge in [-0.1, -0.05) is 42.5 Å². The normalized spacial score (nSPS) is 11.2. The number of sulfonamides is 1. The maximum atomic E-state index is 12.6. The van der Waals surface area contributed by atoms with Crippen molar-refractivity contribution in [1.82, 2.24) is 19.8 Å². The highest BCUT2D eigenvalue weighted by atomic mass is 32.2. The summed E-state index contributed by atoms with van der Waals surface area (Å²) in [6.07, 6.45) is 0. The molecule has 0 unspecified atom stereocenters. The van der Waals surface area contributed by atoms with Crippen LogP contribution in [0, 0.1) is 0 Å². The van der Waals surface area contributed by atoms with Crippen LogP contribution in [-0.4, -0.2) is 37.8 Å². The average molecular weight is 457 g/mol. The van der Waals surface area contributed by atoms with Gasteiger partial charge in [-0.2, -0.15) is 5.10 Å². The zero-order valence-electron chi connectivity index (χ0n) is 17.5. The first kappa shape index (κ1) is 23.2. The molecule has 32 heavy (non-hydrogen) atoms. The van der Waals surface area contributed by atoms with Crippen molar-refractivity contribution in [2.24, 2.45) is 0 Å². The van der Waals surface area contributed by atoms with Crippen molar-refractivity contribution in [3.8, 4) is 5.75 Å². The lowest BCUT2D eigenvalue weighted by molar-refractivity contribution is 0.0942. The molecule has 0 aliphatic rings. The van der Waals surface area contributed by atoms with Gasteiger partial charge in [-0.3, -0.25) is 9.59 Å². The van der Waals surface area contributed by atoms with E-state index in [2.05, 4.69) is 15.1 Å². The number of nitrogens with one attached hydrogen (secondary N) is 2. The minimum Gasteiger partial charge on any atom is -0.492 e. The van der Waals surface area contributed by atoms with Gasteiger partial charge in [0.25, 0.3) is 11.5 Å². The molecule has 1 aromatic heterocycles. The van der Waals surface area contributed by atoms with Crippen LogP contribution >= 0.6 is 0 Å². The fourth-order valence-corrected chi connectivity index (χ4v) is 3.75. The number of hydrogen-bond donors (Lipinski definition) is 2. The molecular weight excluding hydrogens is 432 g/mol. The van der Waals surface area contributed by atoms with Gasteiger partial charge < -0.3 is 10.1 Å². The number of aromatic nitrogens is 2. The molecule has 3 aromatic rings. The second-order valence-electron chi connectivity index (χ2n) is 6.86. The van der Waals surface area contributed by atoms with Gasteiger partial charge in [0.15, 0.2) is 0 Å². The standard InChI is InChI=1S/C22H24N4O5S/c1-23-32(29,30)16-18-8-6-5-7-17(18)15-24-22(28)20-11-12-21(27)26(25-20)13-14-31-19-9-3-2-4-10-19/h2-12,23H,13-16H2,1H3,(H,24,28). The van der Waals surface area contributed by atoms with Gasteiger partial charge in [0.2, 0.25) is 10.0 Å². The number of carbonyl (C=O) groups excluding carboxylic acids is 1. The lowest BCUT2D eigenvalue weighted by atomic mass is 10.1. The van der Waals surface area contributed by atoms with E-state index in [-0.39, 0.29) is 36.7 Å². The summed E-state index contributed by atoms with van der Waals surface area (Å²) >= 11 is 0. The van der Waals surface area contributed by atoms with Gasteiger partial charge in [0.05, 0.1) is 12.3 Å². The monoisotopic (exact) mass is 456 g/mol. The zero-order valence-corrected chi connectivity index (χ0v) is 18.3. The Morgan fingerprint density at radius 1 is 1.00 bits per heavy atom. The summed E-state index contributed by atoms with van der Waals surface area (Å²) in [5.41, 5.74) is 0.980. The van der Waals surface area contributed by atoms with Crippen LogP contribution in [0.4, 0.5) is 0 Å². The summed E-state index contributed by atoms with van der Waals surface area (Å²) in [5, 5.41) is 6.84. The van der Waals surface area contributed by atoms with Crippen molar-refractivity contribution in [1.29, 1.82) is 0 Å². The Balaban J connectivity index is 1.64. The van der Waals surface area contributed by atoms with Gasteiger partial charge >= 0.3 is 0 Å². The van der Waals surface area contributed by atoms with Crippen molar-refractivity contribution in [2.75, 3.05) is 13.7 Å². The molecule has 0 saturated carbocycles. The van der Waals surface area contributed by atoms with Gasteiger partial charge in [-0.15, -0.1) is 0 Å². The molecule has 1 heterocycles. The zero-order chi connectivity index (χ0) is 23.0. The smallest absolute Gasteiger partial charge is 0.271 e. The summed E-state index contributed by atoms with van der Waals surface area (Å²) in [5.74, 6) is 0.00231. The minimum absolute atomic E-state index is 0.0737. The van der Waals surface area contributed by atoms with Crippen molar-refractivity contribution in [3.63, 3.8) is 0 Å². The predicted octanol–water partition coefficient (Wildman–Crippen LogP) is 1.30. The minimum atomic E-state index is -3.45. The fourth-order valence-electron chi connectivity index (χ4n) is 2.91. The van der Waals surface area contributed by atoms with Crippen LogP contribution in [-0.2, 0) is 28.9 Å². The molecule has 0 aliphatic heterocycles. The Bertz CT molecular complexity index is 1230. The number of benzene rings is 2. The fraction of sp³-hybridized carbons (Fsp3) is 0.227. The number of amides is 1. The van der Waals surface area contributed by atoms with Crippen molar-refractivity contribution in [3.05, 3.63) is 93.9 Å². The molecule has 0 aliphatic carbocycles. The molecule has 2 N–H and O–H groups in total. The first-order valence-corrected chi connectivity index (χ1v) is 11.6. The highest BCUT2D eigenvalue weighted by molar-refractivity contribution is 7.88. The van der Waals surface area contributed by atoms with Crippen LogP contribution in [0.15, 0.2) is 71.5 Å². The largest absolute Gasteiger partial charge is 0.492 e. The number of carbonyl (C=O) groups is 1. The van der Waals surface area contributed by atoms with E-state index in [9.17, 15) is 18.0 Å². The third-order valence-corrected chi connectivity index (χ3v) is 5.94. The lowest BCUT2D eigenvalue weighted by Crippen LogP contribution is -2.31. The van der Waals surface area contributed by atoms with Gasteiger partial charge in [-0.25, -0.2) is 17.8 Å². The Labute approximate surface area is 186 Å². The molecule has 2 aromatic carbocycles. The van der Waals surface area contributed by atoms with Gasteiger partial charge in [-0.05, 0) is 36.4 Å². The summed E-state index contributed by atoms with van der Waals surface area (Å²) in [6.45, 7) is 0.515. The molecule has 0 radical (unpaired) electrons. The van der Waals surface area contributed by atoms with Crippen LogP contribution in [0.5, 0.6) is 5.75 Å². The van der Waals surface area contributed by atoms with E-state index in [0.29, 0.717) is 16.9 Å². The third kappa shape index (κ3) is 6.50. The quantitative estimate of drug-likeness (QED) is 0.475. The second kappa shape index (κ2) is 10.7. The van der Waals surface area contributed by atoms with Crippen molar-refractivity contribution >= 4 is 15.9 Å². The Morgan fingerprint density at radius 3 is 2.41 bits per heavy atom. The first-order valence-electron chi connectivity index (χ1n) is 9.90. The molecule has 0 spiro atoms. The van der Waals surface area contributed by atoms with Crippen LogP contribution < -0.4 is 20.3 Å². The van der Waals surface area contributed by atoms with Crippen LogP contribution in [0.25, 0.3) is 0 Å². The van der Waals surface area contributed by atoms with Crippen LogP contribution in [0.1, 0.15) is 21.6 Å². The number of hydrogen-bond acceptors (Lipinski definition) is 6. The summed E-state index contributed by atoms with van der Waals surface area (Å²) < 4.78 is 32.8. The maximum Gasteiger partial charge on any atom is 0.271 e. The van der Waals surface area contributed by atoms with E-state index in [1.807, 2.05) is 18.2 Å². The molecule has 0 atom stereocenters. The van der Waals surface area contributed by atoms with E-state index in [1.165, 1.54) is 23.9 Å². The Morgan fingerprint density at radius 2 is 1.69 bits per heavy atom. The van der Waals surface area contributed by atoms with Gasteiger partial charge in [0.1, 0.15) is 18.1 Å². The Kier molecular flexibility index (Phi) is 7.74. The van der Waals surface area contributed by atoms with Gasteiger partial charge in [0, 0.05) is 12.6 Å². The second-order valence-corrected chi connectivity index (χ2v) is 8.78. The molecule has 9 nitrogen and oxygen atoms in total. The number of nitrogens with zero attached hydrogens (tertiary/aromatic N) is 2. The van der Waals surface area contributed by atoms with Crippen LogP contribution in [0.3, 0.4) is 0 Å². The summed E-state index contributed by atoms with van der Waals surface area (Å²) in [7, 11) is -2.10. The SMILES string of the molecule is CNS(=O)(=O)Cc1ccccc1CNC(=O)c1ccc(=O)n(CCOc2ccccc2)n1. The molecule has 0 fully saturated rings. The predicted molar refractivity (Wildman–Crippen MR) is 120 cm³/mol. The molecular formula is C22H24N4O5S. The molecule has 0 bridgehead atoms. The molecule has 0 saturated heterocycles. The number of para-hydroxylation sites is 1. The van der Waals surface area contributed by atoms with E-state index >= 15 is 0 Å². The highest BCUT2D eigenvalue weighted by Gasteiger charge is 2.14. The summed E-state index contributed by atoms with van der Waals surface area (Å²) in [6, 6.07) is 18.7. The van der Waals surface area contributed by atoms with Crippen molar-refractivity contribution < 1.29 is 17.9 Å². The van der Waals surface area contributed by atoms with E-state index in [4.69, 9.17) is 4.74 Å². The average Bonchev–Trinajstić information content (AvgIpc) is 2.80.